The SMILES string of the molecule is CCSC1CCC(NC(C)C(=O)N2CCCCC2)C1. The molecular formula is C15H28N2OS. The maximum absolute atomic E-state index is 12.4. The van der Waals surface area contributed by atoms with E-state index in [0.29, 0.717) is 11.9 Å². The van der Waals surface area contributed by atoms with E-state index in [1.54, 1.807) is 0 Å². The van der Waals surface area contributed by atoms with Crippen LogP contribution in [0, 0.1) is 0 Å². The van der Waals surface area contributed by atoms with Crippen molar-refractivity contribution in [2.24, 2.45) is 0 Å². The van der Waals surface area contributed by atoms with E-state index in [1.165, 1.54) is 44.3 Å². The minimum absolute atomic E-state index is 0.00604. The molecule has 4 heteroatoms. The van der Waals surface area contributed by atoms with Gasteiger partial charge >= 0.3 is 0 Å². The van der Waals surface area contributed by atoms with Crippen molar-refractivity contribution < 1.29 is 4.79 Å². The van der Waals surface area contributed by atoms with E-state index in [4.69, 9.17) is 0 Å². The Bertz CT molecular complexity index is 292. The molecule has 3 atom stereocenters. The summed E-state index contributed by atoms with van der Waals surface area (Å²) < 4.78 is 0. The van der Waals surface area contributed by atoms with Crippen molar-refractivity contribution in [1.29, 1.82) is 0 Å². The van der Waals surface area contributed by atoms with Gasteiger partial charge in [0.05, 0.1) is 6.04 Å². The first-order chi connectivity index (χ1) is 9.20. The Morgan fingerprint density at radius 2 is 2.05 bits per heavy atom. The van der Waals surface area contributed by atoms with E-state index in [2.05, 4.69) is 24.0 Å². The summed E-state index contributed by atoms with van der Waals surface area (Å²) in [5.74, 6) is 1.52. The molecule has 1 N–H and O–H groups in total. The maximum atomic E-state index is 12.4. The third-order valence-electron chi connectivity index (χ3n) is 4.31. The quantitative estimate of drug-likeness (QED) is 0.842. The minimum Gasteiger partial charge on any atom is -0.341 e. The molecule has 0 aromatic rings. The van der Waals surface area contributed by atoms with Crippen molar-refractivity contribution in [2.75, 3.05) is 18.8 Å². The molecule has 1 aliphatic heterocycles. The molecule has 2 rings (SSSR count). The normalized spacial score (nSPS) is 29.5. The first-order valence-electron chi connectivity index (χ1n) is 7.87. The van der Waals surface area contributed by atoms with E-state index in [0.717, 1.165) is 18.3 Å². The molecule has 1 aliphatic carbocycles. The summed E-state index contributed by atoms with van der Waals surface area (Å²) in [6.07, 6.45) is 7.41. The number of amides is 1. The lowest BCUT2D eigenvalue weighted by Gasteiger charge is -2.30. The van der Waals surface area contributed by atoms with Crippen LogP contribution in [0.1, 0.15) is 52.4 Å². The molecule has 0 spiro atoms. The van der Waals surface area contributed by atoms with Crippen molar-refractivity contribution in [3.63, 3.8) is 0 Å². The largest absolute Gasteiger partial charge is 0.341 e. The number of rotatable bonds is 5. The Hall–Kier alpha value is -0.220. The Morgan fingerprint density at radius 1 is 1.32 bits per heavy atom. The molecule has 2 aliphatic rings. The van der Waals surface area contributed by atoms with Gasteiger partial charge in [-0.05, 0) is 51.2 Å². The van der Waals surface area contributed by atoms with E-state index in [1.807, 2.05) is 11.8 Å². The molecule has 0 aromatic heterocycles. The summed E-state index contributed by atoms with van der Waals surface area (Å²) in [6, 6.07) is 0.543. The lowest BCUT2D eigenvalue weighted by atomic mass is 10.1. The van der Waals surface area contributed by atoms with Crippen molar-refractivity contribution in [2.45, 2.75) is 69.7 Å². The van der Waals surface area contributed by atoms with Crippen LogP contribution in [0.5, 0.6) is 0 Å². The first kappa shape index (κ1) is 15.2. The molecule has 1 saturated heterocycles. The van der Waals surface area contributed by atoms with Gasteiger partial charge in [0.1, 0.15) is 0 Å². The summed E-state index contributed by atoms with van der Waals surface area (Å²) >= 11 is 2.07. The summed E-state index contributed by atoms with van der Waals surface area (Å²) in [5.41, 5.74) is 0. The summed E-state index contributed by atoms with van der Waals surface area (Å²) in [6.45, 7) is 6.19. The van der Waals surface area contributed by atoms with Crippen LogP contribution in [0.2, 0.25) is 0 Å². The second-order valence-electron chi connectivity index (χ2n) is 5.86. The molecule has 19 heavy (non-hydrogen) atoms. The standard InChI is InChI=1S/C15H28N2OS/c1-3-19-14-8-7-13(11-14)16-12(2)15(18)17-9-5-4-6-10-17/h12-14,16H,3-11H2,1-2H3. The highest BCUT2D eigenvalue weighted by Crippen LogP contribution is 2.30. The Balaban J connectivity index is 1.74. The van der Waals surface area contributed by atoms with Crippen LogP contribution in [-0.4, -0.2) is 47.0 Å². The molecule has 110 valence electrons. The fraction of sp³-hybridized carbons (Fsp3) is 0.933. The monoisotopic (exact) mass is 284 g/mol. The van der Waals surface area contributed by atoms with E-state index >= 15 is 0 Å². The number of nitrogens with one attached hydrogen (secondary N) is 1. The third kappa shape index (κ3) is 4.38. The number of piperidine rings is 1. The Kier molecular flexibility index (Phi) is 6.02. The summed E-state index contributed by atoms with van der Waals surface area (Å²) in [5, 5.41) is 4.37. The van der Waals surface area contributed by atoms with Crippen LogP contribution in [0.3, 0.4) is 0 Å². The van der Waals surface area contributed by atoms with Crippen molar-refractivity contribution >= 4 is 17.7 Å². The molecule has 0 aromatic carbocycles. The minimum atomic E-state index is -0.00604. The van der Waals surface area contributed by atoms with Crippen LogP contribution >= 0.6 is 11.8 Å². The Labute approximate surface area is 121 Å². The van der Waals surface area contributed by atoms with E-state index in [-0.39, 0.29) is 6.04 Å². The van der Waals surface area contributed by atoms with Crippen LogP contribution in [-0.2, 0) is 4.79 Å². The second kappa shape index (κ2) is 7.53. The predicted octanol–water partition coefficient (Wildman–Crippen LogP) is 2.65. The molecule has 0 bridgehead atoms. The summed E-state index contributed by atoms with van der Waals surface area (Å²) in [7, 11) is 0. The van der Waals surface area contributed by atoms with Gasteiger partial charge in [-0.1, -0.05) is 6.92 Å². The molecule has 1 heterocycles. The smallest absolute Gasteiger partial charge is 0.239 e. The van der Waals surface area contributed by atoms with Crippen molar-refractivity contribution in [1.82, 2.24) is 10.2 Å². The maximum Gasteiger partial charge on any atom is 0.239 e. The highest BCUT2D eigenvalue weighted by Gasteiger charge is 2.29. The molecule has 3 unspecified atom stereocenters. The number of carbonyl (C=O) groups is 1. The lowest BCUT2D eigenvalue weighted by Crippen LogP contribution is -2.49. The topological polar surface area (TPSA) is 32.3 Å². The predicted molar refractivity (Wildman–Crippen MR) is 82.6 cm³/mol. The van der Waals surface area contributed by atoms with Crippen LogP contribution in [0.4, 0.5) is 0 Å². The van der Waals surface area contributed by atoms with Gasteiger partial charge in [0.25, 0.3) is 0 Å². The average Bonchev–Trinajstić information content (AvgIpc) is 2.86. The van der Waals surface area contributed by atoms with Gasteiger partial charge in [-0.15, -0.1) is 0 Å². The van der Waals surface area contributed by atoms with Crippen LogP contribution < -0.4 is 5.32 Å². The average molecular weight is 284 g/mol. The highest BCUT2D eigenvalue weighted by molar-refractivity contribution is 7.99. The Morgan fingerprint density at radius 3 is 2.74 bits per heavy atom. The number of hydrogen-bond acceptors (Lipinski definition) is 3. The van der Waals surface area contributed by atoms with Gasteiger partial charge < -0.3 is 10.2 Å². The van der Waals surface area contributed by atoms with Gasteiger partial charge in [0, 0.05) is 24.4 Å². The third-order valence-corrected chi connectivity index (χ3v) is 5.54. The van der Waals surface area contributed by atoms with Gasteiger partial charge in [-0.3, -0.25) is 4.79 Å². The number of thioether (sulfide) groups is 1. The second-order valence-corrected chi connectivity index (χ2v) is 7.44. The lowest BCUT2D eigenvalue weighted by molar-refractivity contribution is -0.134. The fourth-order valence-corrected chi connectivity index (χ4v) is 4.43. The molecular weight excluding hydrogens is 256 g/mol. The van der Waals surface area contributed by atoms with E-state index < -0.39 is 0 Å². The fourth-order valence-electron chi connectivity index (χ4n) is 3.29. The van der Waals surface area contributed by atoms with Crippen molar-refractivity contribution in [3.05, 3.63) is 0 Å². The number of nitrogens with zero attached hydrogens (tertiary/aromatic N) is 1. The van der Waals surface area contributed by atoms with Gasteiger partial charge in [-0.25, -0.2) is 0 Å². The number of carbonyl (C=O) groups excluding carboxylic acids is 1. The number of likely N-dealkylation sites (tertiary alicyclic amines) is 1. The highest BCUT2D eigenvalue weighted by atomic mass is 32.2. The summed E-state index contributed by atoms with van der Waals surface area (Å²) in [4.78, 5) is 14.4. The zero-order valence-electron chi connectivity index (χ0n) is 12.4. The van der Waals surface area contributed by atoms with Gasteiger partial charge in [0.15, 0.2) is 0 Å². The molecule has 0 radical (unpaired) electrons. The molecule has 1 amide bonds. The van der Waals surface area contributed by atoms with Crippen LogP contribution in [0.25, 0.3) is 0 Å². The number of hydrogen-bond donors (Lipinski definition) is 1. The van der Waals surface area contributed by atoms with Gasteiger partial charge in [0.2, 0.25) is 5.91 Å². The zero-order chi connectivity index (χ0) is 13.7. The molecule has 2 fully saturated rings. The van der Waals surface area contributed by atoms with Crippen molar-refractivity contribution in [3.8, 4) is 0 Å². The molecule has 3 nitrogen and oxygen atoms in total. The van der Waals surface area contributed by atoms with Gasteiger partial charge in [-0.2, -0.15) is 11.8 Å². The van der Waals surface area contributed by atoms with Crippen LogP contribution in [0.15, 0.2) is 0 Å². The first-order valence-corrected chi connectivity index (χ1v) is 8.92. The molecule has 1 saturated carbocycles. The van der Waals surface area contributed by atoms with E-state index in [9.17, 15) is 4.79 Å². The zero-order valence-corrected chi connectivity index (χ0v) is 13.2.